The summed E-state index contributed by atoms with van der Waals surface area (Å²) in [5.41, 5.74) is 0. The van der Waals surface area contributed by atoms with Gasteiger partial charge in [0.25, 0.3) is 5.91 Å². The molecule has 13 heavy (non-hydrogen) atoms. The van der Waals surface area contributed by atoms with Crippen LogP contribution in [0.4, 0.5) is 4.79 Å². The van der Waals surface area contributed by atoms with Gasteiger partial charge >= 0.3 is 6.03 Å². The number of urea groups is 1. The number of nitrogens with one attached hydrogen (secondary N) is 2. The summed E-state index contributed by atoms with van der Waals surface area (Å²) in [6.45, 7) is 2.17. The molecule has 0 spiro atoms. The molecule has 1 atom stereocenters. The summed E-state index contributed by atoms with van der Waals surface area (Å²) in [6.07, 6.45) is -0.709. The standard InChI is InChI=1S/C6H8Br2N2O3/c1-2-13-4-6(7,8)3(11)9-5(12)10-4/h4H,2H2,1H3,(H2,9,10,11,12)/t4-/m0/s1. The second-order valence-electron chi connectivity index (χ2n) is 2.39. The first-order valence-electron chi connectivity index (χ1n) is 3.60. The van der Waals surface area contributed by atoms with Gasteiger partial charge in [0.05, 0.1) is 0 Å². The van der Waals surface area contributed by atoms with Crippen molar-refractivity contribution in [1.29, 1.82) is 0 Å². The summed E-state index contributed by atoms with van der Waals surface area (Å²) < 4.78 is 4.06. The summed E-state index contributed by atoms with van der Waals surface area (Å²) >= 11 is 6.24. The van der Waals surface area contributed by atoms with Crippen LogP contribution in [0.3, 0.4) is 0 Å². The molecule has 0 aliphatic carbocycles. The maximum atomic E-state index is 11.3. The van der Waals surface area contributed by atoms with Crippen molar-refractivity contribution in [3.63, 3.8) is 0 Å². The highest BCUT2D eigenvalue weighted by atomic mass is 79.9. The fraction of sp³-hybridized carbons (Fsp3) is 0.667. The van der Waals surface area contributed by atoms with Crippen LogP contribution >= 0.6 is 31.9 Å². The molecule has 5 nitrogen and oxygen atoms in total. The number of halogens is 2. The first-order chi connectivity index (χ1) is 5.98. The van der Waals surface area contributed by atoms with E-state index in [1.54, 1.807) is 6.92 Å². The van der Waals surface area contributed by atoms with Crippen molar-refractivity contribution in [1.82, 2.24) is 10.6 Å². The number of carbonyl (C=O) groups is 2. The molecule has 0 aromatic rings. The lowest BCUT2D eigenvalue weighted by molar-refractivity contribution is -0.124. The lowest BCUT2D eigenvalue weighted by Crippen LogP contribution is -2.64. The lowest BCUT2D eigenvalue weighted by atomic mass is 10.3. The maximum absolute atomic E-state index is 11.3. The molecule has 74 valence electrons. The Morgan fingerprint density at radius 1 is 1.54 bits per heavy atom. The third kappa shape index (κ3) is 2.21. The number of ether oxygens (including phenoxy) is 1. The summed E-state index contributed by atoms with van der Waals surface area (Å²) in [5.74, 6) is -0.477. The van der Waals surface area contributed by atoms with Crippen LogP contribution in [0.5, 0.6) is 0 Å². The minimum atomic E-state index is -1.09. The fourth-order valence-corrected chi connectivity index (χ4v) is 1.56. The predicted molar refractivity (Wildman–Crippen MR) is 52.7 cm³/mol. The number of alkyl halides is 2. The molecular formula is C6H8Br2N2O3. The minimum absolute atomic E-state index is 0.400. The van der Waals surface area contributed by atoms with Crippen LogP contribution in [-0.2, 0) is 9.53 Å². The van der Waals surface area contributed by atoms with Gasteiger partial charge in [-0.1, -0.05) is 31.9 Å². The van der Waals surface area contributed by atoms with Gasteiger partial charge < -0.3 is 10.1 Å². The van der Waals surface area contributed by atoms with Gasteiger partial charge in [0.1, 0.15) is 0 Å². The molecule has 0 bridgehead atoms. The van der Waals surface area contributed by atoms with Gasteiger partial charge in [-0.25, -0.2) is 4.79 Å². The van der Waals surface area contributed by atoms with E-state index in [1.165, 1.54) is 0 Å². The second kappa shape index (κ2) is 3.93. The zero-order valence-corrected chi connectivity index (χ0v) is 9.94. The first kappa shape index (κ1) is 10.9. The molecular weight excluding hydrogens is 308 g/mol. The van der Waals surface area contributed by atoms with Crippen LogP contribution in [0.25, 0.3) is 0 Å². The minimum Gasteiger partial charge on any atom is -0.356 e. The van der Waals surface area contributed by atoms with Crippen molar-refractivity contribution in [3.8, 4) is 0 Å². The molecule has 0 aromatic heterocycles. The Kier molecular flexibility index (Phi) is 3.31. The van der Waals surface area contributed by atoms with Gasteiger partial charge in [0, 0.05) is 6.61 Å². The zero-order chi connectivity index (χ0) is 10.1. The molecule has 1 saturated heterocycles. The number of hydrogen-bond donors (Lipinski definition) is 2. The van der Waals surface area contributed by atoms with E-state index < -0.39 is 21.4 Å². The first-order valence-corrected chi connectivity index (χ1v) is 5.18. The van der Waals surface area contributed by atoms with E-state index in [9.17, 15) is 9.59 Å². The Labute approximate surface area is 91.8 Å². The van der Waals surface area contributed by atoms with Crippen LogP contribution in [0.2, 0.25) is 0 Å². The Bertz CT molecular complexity index is 244. The van der Waals surface area contributed by atoms with Crippen molar-refractivity contribution >= 4 is 43.8 Å². The highest BCUT2D eigenvalue weighted by Gasteiger charge is 2.47. The SMILES string of the molecule is CCO[C@@H]1NC(=O)NC(=O)C1(Br)Br. The maximum Gasteiger partial charge on any atom is 0.323 e. The average molecular weight is 316 g/mol. The number of amides is 3. The highest BCUT2D eigenvalue weighted by molar-refractivity contribution is 9.26. The topological polar surface area (TPSA) is 67.4 Å². The molecule has 3 amide bonds. The van der Waals surface area contributed by atoms with Crippen LogP contribution in [-0.4, -0.2) is 28.0 Å². The van der Waals surface area contributed by atoms with E-state index in [4.69, 9.17) is 4.74 Å². The van der Waals surface area contributed by atoms with Crippen LogP contribution in [0, 0.1) is 0 Å². The molecule has 1 heterocycles. The number of hydrogen-bond acceptors (Lipinski definition) is 3. The number of carbonyl (C=O) groups excluding carboxylic acids is 2. The van der Waals surface area contributed by atoms with Gasteiger partial charge in [0.15, 0.2) is 6.23 Å². The predicted octanol–water partition coefficient (Wildman–Crippen LogP) is 0.675. The van der Waals surface area contributed by atoms with E-state index in [-0.39, 0.29) is 0 Å². The second-order valence-corrected chi connectivity index (χ2v) is 5.95. The average Bonchev–Trinajstić information content (AvgIpc) is 2.01. The van der Waals surface area contributed by atoms with Gasteiger partial charge in [-0.3, -0.25) is 10.1 Å². The molecule has 1 fully saturated rings. The summed E-state index contributed by atoms with van der Waals surface area (Å²) in [4.78, 5) is 22.1. The quantitative estimate of drug-likeness (QED) is 0.736. The Hall–Kier alpha value is -0.140. The van der Waals surface area contributed by atoms with Gasteiger partial charge in [0.2, 0.25) is 3.23 Å². The van der Waals surface area contributed by atoms with E-state index in [0.29, 0.717) is 6.61 Å². The molecule has 1 aliphatic heterocycles. The van der Waals surface area contributed by atoms with Gasteiger partial charge in [-0.2, -0.15) is 0 Å². The van der Waals surface area contributed by atoms with Crippen molar-refractivity contribution in [3.05, 3.63) is 0 Å². The summed E-state index contributed by atoms with van der Waals surface area (Å²) in [5, 5.41) is 4.55. The number of imide groups is 1. The van der Waals surface area contributed by atoms with Gasteiger partial charge in [-0.15, -0.1) is 0 Å². The Morgan fingerprint density at radius 2 is 2.15 bits per heavy atom. The van der Waals surface area contributed by atoms with E-state index in [1.807, 2.05) is 0 Å². The van der Waals surface area contributed by atoms with Crippen molar-refractivity contribution in [2.75, 3.05) is 6.61 Å². The highest BCUT2D eigenvalue weighted by Crippen LogP contribution is 2.32. The van der Waals surface area contributed by atoms with E-state index >= 15 is 0 Å². The van der Waals surface area contributed by atoms with Crippen LogP contribution in [0.1, 0.15) is 6.92 Å². The lowest BCUT2D eigenvalue weighted by Gasteiger charge is -2.33. The zero-order valence-electron chi connectivity index (χ0n) is 6.77. The molecule has 2 N–H and O–H groups in total. The van der Waals surface area contributed by atoms with Crippen molar-refractivity contribution in [2.24, 2.45) is 0 Å². The molecule has 1 rings (SSSR count). The van der Waals surface area contributed by atoms with E-state index in [2.05, 4.69) is 42.5 Å². The monoisotopic (exact) mass is 314 g/mol. The third-order valence-electron chi connectivity index (χ3n) is 1.45. The third-order valence-corrected chi connectivity index (χ3v) is 3.01. The Balaban J connectivity index is 2.78. The van der Waals surface area contributed by atoms with Crippen molar-refractivity contribution < 1.29 is 14.3 Å². The molecule has 0 radical (unpaired) electrons. The molecule has 0 saturated carbocycles. The summed E-state index contributed by atoms with van der Waals surface area (Å²) in [6, 6.07) is -0.557. The smallest absolute Gasteiger partial charge is 0.323 e. The van der Waals surface area contributed by atoms with E-state index in [0.717, 1.165) is 0 Å². The summed E-state index contributed by atoms with van der Waals surface area (Å²) in [7, 11) is 0. The Morgan fingerprint density at radius 3 is 2.69 bits per heavy atom. The van der Waals surface area contributed by atoms with Crippen LogP contribution in [0.15, 0.2) is 0 Å². The van der Waals surface area contributed by atoms with Crippen molar-refractivity contribution in [2.45, 2.75) is 16.4 Å². The van der Waals surface area contributed by atoms with Gasteiger partial charge in [-0.05, 0) is 6.92 Å². The van der Waals surface area contributed by atoms with Crippen LogP contribution < -0.4 is 10.6 Å². The normalized spacial score (nSPS) is 26.5. The fourth-order valence-electron chi connectivity index (χ4n) is 0.864. The molecule has 7 heteroatoms. The molecule has 0 aromatic carbocycles. The largest absolute Gasteiger partial charge is 0.356 e. The molecule has 0 unspecified atom stereocenters. The number of rotatable bonds is 2. The molecule has 1 aliphatic rings.